The Labute approximate surface area is 332 Å². The van der Waals surface area contributed by atoms with Gasteiger partial charge in [-0.05, 0) is 47.7 Å². The predicted octanol–water partition coefficient (Wildman–Crippen LogP) is 6.51. The zero-order valence-corrected chi connectivity index (χ0v) is 34.1. The molecular formula is C44H50F2N4O6Si. The Kier molecular flexibility index (Phi) is 11.3. The fourth-order valence-corrected chi connectivity index (χ4v) is 13.1. The van der Waals surface area contributed by atoms with Crippen LogP contribution in [-0.2, 0) is 15.8 Å². The molecule has 2 bridgehead atoms. The van der Waals surface area contributed by atoms with Crippen LogP contribution in [0.2, 0.25) is 5.04 Å². The van der Waals surface area contributed by atoms with Crippen LogP contribution >= 0.6 is 0 Å². The fraction of sp³-hybridized carbons (Fsp3) is 0.409. The molecule has 7 rings (SSSR count). The van der Waals surface area contributed by atoms with Gasteiger partial charge in [-0.3, -0.25) is 14.4 Å². The maximum atomic E-state index is 14.5. The van der Waals surface area contributed by atoms with Crippen LogP contribution in [0.25, 0.3) is 0 Å². The van der Waals surface area contributed by atoms with Gasteiger partial charge in [0.1, 0.15) is 17.2 Å². The lowest BCUT2D eigenvalue weighted by Gasteiger charge is -2.43. The summed E-state index contributed by atoms with van der Waals surface area (Å²) in [5.74, 6) is -2.93. The average molecular weight is 797 g/mol. The predicted molar refractivity (Wildman–Crippen MR) is 217 cm³/mol. The van der Waals surface area contributed by atoms with E-state index in [0.717, 1.165) is 34.6 Å². The van der Waals surface area contributed by atoms with Crippen molar-refractivity contribution in [2.24, 2.45) is 5.16 Å². The highest BCUT2D eigenvalue weighted by Crippen LogP contribution is 2.47. The van der Waals surface area contributed by atoms with E-state index in [2.05, 4.69) is 55.5 Å². The molecule has 0 saturated carbocycles. The lowest BCUT2D eigenvalue weighted by atomic mass is 9.84. The second-order valence-electron chi connectivity index (χ2n) is 16.4. The van der Waals surface area contributed by atoms with E-state index in [1.165, 1.54) is 12.3 Å². The number of hydrogen-bond acceptors (Lipinski definition) is 7. The standard InChI is InChI=1S/C44H50F2N4O6Si/c1-6-7-22-54-40-38-42(53)49-27-37(50(38)26-35(39(40)51)41(52)47-25-30-18-19-31(45)23-36(30)46)44(21-20-29(49)2)24-32(48-56-44)28-55-57(43(3,4)5,33-14-10-8-11-15-33)34-16-12-9-13-17-34/h8-19,23,26,29,37H,6-7,20-22,24-25,27-28H2,1-5H3,(H,47,52)/t29-,37+,44-/m0/s1. The van der Waals surface area contributed by atoms with Crippen molar-refractivity contribution >= 4 is 36.2 Å². The zero-order valence-electron chi connectivity index (χ0n) is 33.1. The monoisotopic (exact) mass is 796 g/mol. The summed E-state index contributed by atoms with van der Waals surface area (Å²) in [7, 11) is -2.91. The molecule has 1 fully saturated rings. The largest absolute Gasteiger partial charge is 0.487 e. The number of carbonyl (C=O) groups is 2. The quantitative estimate of drug-likeness (QED) is 0.129. The van der Waals surface area contributed by atoms with Crippen molar-refractivity contribution in [3.63, 3.8) is 0 Å². The van der Waals surface area contributed by atoms with Gasteiger partial charge in [-0.2, -0.15) is 0 Å². The molecule has 1 N–H and O–H groups in total. The summed E-state index contributed by atoms with van der Waals surface area (Å²) in [6, 6.07) is 23.1. The Bertz CT molecular complexity index is 2190. The molecule has 10 nitrogen and oxygen atoms in total. The van der Waals surface area contributed by atoms with Crippen molar-refractivity contribution < 1.29 is 32.4 Å². The molecule has 57 heavy (non-hydrogen) atoms. The number of nitrogens with one attached hydrogen (secondary N) is 1. The normalized spacial score (nSPS) is 20.4. The first-order valence-electron chi connectivity index (χ1n) is 19.7. The van der Waals surface area contributed by atoms with Crippen molar-refractivity contribution in [1.29, 1.82) is 0 Å². The van der Waals surface area contributed by atoms with E-state index in [4.69, 9.17) is 14.0 Å². The van der Waals surface area contributed by atoms with Gasteiger partial charge in [0.05, 0.1) is 25.0 Å². The van der Waals surface area contributed by atoms with Crippen LogP contribution in [0.15, 0.2) is 95.0 Å². The number of rotatable bonds is 12. The number of pyridine rings is 1. The van der Waals surface area contributed by atoms with Gasteiger partial charge in [-0.25, -0.2) is 8.78 Å². The van der Waals surface area contributed by atoms with E-state index >= 15 is 0 Å². The maximum Gasteiger partial charge on any atom is 0.274 e. The van der Waals surface area contributed by atoms with Gasteiger partial charge >= 0.3 is 0 Å². The van der Waals surface area contributed by atoms with Crippen LogP contribution in [0, 0.1) is 11.6 Å². The molecule has 1 aromatic heterocycles. The highest BCUT2D eigenvalue weighted by molar-refractivity contribution is 6.99. The molecule has 3 aliphatic heterocycles. The van der Waals surface area contributed by atoms with Crippen LogP contribution in [0.3, 0.4) is 0 Å². The first kappa shape index (κ1) is 40.1. The number of hydrogen-bond donors (Lipinski definition) is 1. The molecule has 3 aromatic carbocycles. The summed E-state index contributed by atoms with van der Waals surface area (Å²) in [5.41, 5.74) is -1.12. The first-order chi connectivity index (χ1) is 27.3. The van der Waals surface area contributed by atoms with Crippen molar-refractivity contribution in [3.05, 3.63) is 124 Å². The summed E-state index contributed by atoms with van der Waals surface area (Å²) in [6.07, 6.45) is 4.35. The van der Waals surface area contributed by atoms with E-state index < -0.39 is 42.9 Å². The second-order valence-corrected chi connectivity index (χ2v) is 20.7. The molecule has 1 spiro atoms. The van der Waals surface area contributed by atoms with Crippen LogP contribution in [0.5, 0.6) is 5.75 Å². The van der Waals surface area contributed by atoms with E-state index in [1.54, 1.807) is 9.47 Å². The smallest absolute Gasteiger partial charge is 0.274 e. The molecule has 0 aliphatic carbocycles. The lowest BCUT2D eigenvalue weighted by Crippen LogP contribution is -2.67. The summed E-state index contributed by atoms with van der Waals surface area (Å²) in [6.45, 7) is 11.0. The van der Waals surface area contributed by atoms with Crippen LogP contribution in [0.4, 0.5) is 8.78 Å². The summed E-state index contributed by atoms with van der Waals surface area (Å²) in [5, 5.41) is 9.33. The van der Waals surface area contributed by atoms with Gasteiger partial charge in [0.25, 0.3) is 20.1 Å². The topological polar surface area (TPSA) is 111 Å². The number of unbranched alkanes of at least 4 members (excludes halogenated alkanes) is 1. The van der Waals surface area contributed by atoms with Crippen molar-refractivity contribution in [2.75, 3.05) is 19.8 Å². The first-order valence-corrected chi connectivity index (χ1v) is 21.6. The lowest BCUT2D eigenvalue weighted by molar-refractivity contribution is -0.0656. The number of aromatic nitrogens is 1. The molecular weight excluding hydrogens is 747 g/mol. The minimum Gasteiger partial charge on any atom is -0.487 e. The summed E-state index contributed by atoms with van der Waals surface area (Å²) in [4.78, 5) is 50.5. The number of oxime groups is 1. The Balaban J connectivity index is 1.25. The highest BCUT2D eigenvalue weighted by Gasteiger charge is 2.56. The third kappa shape index (κ3) is 7.43. The van der Waals surface area contributed by atoms with Gasteiger partial charge < -0.3 is 28.8 Å². The molecule has 0 unspecified atom stereocenters. The molecule has 0 radical (unpaired) electrons. The van der Waals surface area contributed by atoms with Crippen LogP contribution in [0.1, 0.15) is 99.2 Å². The SMILES string of the molecule is CCCCOc1c2n(cc(C(=O)NCc3ccc(F)cc3F)c1=O)[C@@H]1CN(C2=O)[C@@H](C)CC[C@]12CC(CO[Si](c1ccccc1)(c1ccccc1)C(C)(C)C)=NO2. The van der Waals surface area contributed by atoms with E-state index in [1.807, 2.05) is 50.2 Å². The zero-order chi connectivity index (χ0) is 40.5. The van der Waals surface area contributed by atoms with Gasteiger partial charge in [0, 0.05) is 43.4 Å². The molecule has 1 saturated heterocycles. The Morgan fingerprint density at radius 1 is 1.04 bits per heavy atom. The van der Waals surface area contributed by atoms with Crippen molar-refractivity contribution in [1.82, 2.24) is 14.8 Å². The third-order valence-electron chi connectivity index (χ3n) is 11.7. The average Bonchev–Trinajstić information content (AvgIpc) is 3.56. The molecule has 13 heteroatoms. The van der Waals surface area contributed by atoms with E-state index in [0.29, 0.717) is 25.7 Å². The minimum absolute atomic E-state index is 0.0501. The van der Waals surface area contributed by atoms with E-state index in [9.17, 15) is 23.2 Å². The Hall–Kier alpha value is -5.14. The number of ether oxygens (including phenoxy) is 1. The maximum absolute atomic E-state index is 14.5. The molecule has 4 heterocycles. The fourth-order valence-electron chi connectivity index (χ4n) is 8.59. The summed E-state index contributed by atoms with van der Waals surface area (Å²) < 4.78 is 43.1. The Morgan fingerprint density at radius 2 is 1.72 bits per heavy atom. The minimum atomic E-state index is -2.91. The van der Waals surface area contributed by atoms with Gasteiger partial charge in [0.15, 0.2) is 17.0 Å². The van der Waals surface area contributed by atoms with Crippen LogP contribution in [-0.4, -0.2) is 66.7 Å². The molecule has 2 amide bonds. The second kappa shape index (κ2) is 16.0. The molecule has 300 valence electrons. The van der Waals surface area contributed by atoms with Gasteiger partial charge in [0.2, 0.25) is 5.43 Å². The van der Waals surface area contributed by atoms with Gasteiger partial charge in [-0.1, -0.05) is 106 Å². The highest BCUT2D eigenvalue weighted by atomic mass is 28.4. The third-order valence-corrected chi connectivity index (χ3v) is 16.6. The number of carbonyl (C=O) groups excluding carboxylic acids is 2. The Morgan fingerprint density at radius 3 is 2.35 bits per heavy atom. The van der Waals surface area contributed by atoms with E-state index in [-0.39, 0.29) is 65.9 Å². The van der Waals surface area contributed by atoms with Crippen molar-refractivity contribution in [2.45, 2.75) is 96.0 Å². The van der Waals surface area contributed by atoms with Gasteiger partial charge in [-0.15, -0.1) is 0 Å². The number of nitrogens with zero attached hydrogens (tertiary/aromatic N) is 3. The number of halogens is 2. The number of fused-ring (bicyclic) bond motifs is 5. The van der Waals surface area contributed by atoms with Crippen molar-refractivity contribution in [3.8, 4) is 5.75 Å². The number of benzene rings is 3. The van der Waals surface area contributed by atoms with Crippen LogP contribution < -0.4 is 25.9 Å². The summed E-state index contributed by atoms with van der Waals surface area (Å²) >= 11 is 0. The molecule has 4 aromatic rings. The number of amides is 2. The molecule has 3 atom stereocenters. The molecule has 3 aliphatic rings.